The molecule has 0 bridgehead atoms. The van der Waals surface area contributed by atoms with Crippen molar-refractivity contribution >= 4 is 25.7 Å². The van der Waals surface area contributed by atoms with E-state index in [4.69, 9.17) is 8.85 Å². The van der Waals surface area contributed by atoms with Crippen molar-refractivity contribution < 1.29 is 18.4 Å². The zero-order valence-corrected chi connectivity index (χ0v) is 11.1. The molecular formula is C13H14O4Si. The van der Waals surface area contributed by atoms with Gasteiger partial charge in [0.05, 0.1) is 0 Å². The number of rotatable bonds is 5. The van der Waals surface area contributed by atoms with Gasteiger partial charge >= 0.3 is 20.5 Å². The maximum absolute atomic E-state index is 11.3. The van der Waals surface area contributed by atoms with E-state index < -0.39 is 20.5 Å². The van der Waals surface area contributed by atoms with Crippen molar-refractivity contribution in [3.8, 4) is 0 Å². The Morgan fingerprint density at radius 3 is 1.89 bits per heavy atom. The average molecular weight is 262 g/mol. The van der Waals surface area contributed by atoms with Crippen molar-refractivity contribution in [2.45, 2.75) is 6.55 Å². The van der Waals surface area contributed by atoms with Crippen LogP contribution in [0.15, 0.2) is 55.6 Å². The lowest BCUT2D eigenvalue weighted by atomic mass is 10.4. The minimum atomic E-state index is -3.14. The van der Waals surface area contributed by atoms with Crippen LogP contribution < -0.4 is 5.19 Å². The Morgan fingerprint density at radius 1 is 1.06 bits per heavy atom. The molecule has 0 aliphatic rings. The van der Waals surface area contributed by atoms with Crippen molar-refractivity contribution in [2.75, 3.05) is 0 Å². The van der Waals surface area contributed by atoms with Gasteiger partial charge in [0.15, 0.2) is 0 Å². The van der Waals surface area contributed by atoms with E-state index in [1.807, 2.05) is 6.07 Å². The van der Waals surface area contributed by atoms with Gasteiger partial charge in [0.2, 0.25) is 0 Å². The summed E-state index contributed by atoms with van der Waals surface area (Å²) in [6.07, 6.45) is 2.08. The van der Waals surface area contributed by atoms with Gasteiger partial charge in [-0.25, -0.2) is 9.59 Å². The van der Waals surface area contributed by atoms with Gasteiger partial charge in [-0.1, -0.05) is 43.5 Å². The highest BCUT2D eigenvalue weighted by atomic mass is 28.4. The topological polar surface area (TPSA) is 52.6 Å². The van der Waals surface area contributed by atoms with E-state index in [1.54, 1.807) is 30.8 Å². The highest BCUT2D eigenvalue weighted by Crippen LogP contribution is 2.09. The molecule has 0 amide bonds. The summed E-state index contributed by atoms with van der Waals surface area (Å²) in [6.45, 7) is 8.27. The zero-order chi connectivity index (χ0) is 13.6. The second-order valence-corrected chi connectivity index (χ2v) is 6.44. The van der Waals surface area contributed by atoms with Crippen LogP contribution in [0.5, 0.6) is 0 Å². The van der Waals surface area contributed by atoms with Crippen molar-refractivity contribution in [1.29, 1.82) is 0 Å². The SMILES string of the molecule is C=CC(=O)O[Si](C)(OC(=O)C=C)c1ccccc1. The molecule has 1 rings (SSSR count). The molecule has 0 aromatic heterocycles. The molecule has 4 nitrogen and oxygen atoms in total. The van der Waals surface area contributed by atoms with E-state index in [-0.39, 0.29) is 0 Å². The Balaban J connectivity index is 3.08. The monoisotopic (exact) mass is 262 g/mol. The first-order valence-corrected chi connectivity index (χ1v) is 7.60. The first kappa shape index (κ1) is 13.9. The van der Waals surface area contributed by atoms with E-state index in [0.29, 0.717) is 5.19 Å². The molecule has 0 heterocycles. The van der Waals surface area contributed by atoms with Crippen LogP contribution in [0.2, 0.25) is 6.55 Å². The third-order valence-electron chi connectivity index (χ3n) is 2.22. The van der Waals surface area contributed by atoms with E-state index in [0.717, 1.165) is 12.2 Å². The molecule has 94 valence electrons. The molecule has 0 aliphatic heterocycles. The second kappa shape index (κ2) is 5.97. The maximum atomic E-state index is 11.3. The van der Waals surface area contributed by atoms with Crippen LogP contribution in [0.4, 0.5) is 0 Å². The van der Waals surface area contributed by atoms with Crippen molar-refractivity contribution in [3.63, 3.8) is 0 Å². The summed E-state index contributed by atoms with van der Waals surface area (Å²) in [5.74, 6) is -1.24. The largest absolute Gasteiger partial charge is 0.496 e. The molecule has 5 heteroatoms. The molecule has 0 atom stereocenters. The minimum absolute atomic E-state index is 0.620. The summed E-state index contributed by atoms with van der Waals surface area (Å²) >= 11 is 0. The third-order valence-corrected chi connectivity index (χ3v) is 4.79. The van der Waals surface area contributed by atoms with E-state index in [9.17, 15) is 9.59 Å². The molecule has 0 radical (unpaired) electrons. The zero-order valence-electron chi connectivity index (χ0n) is 10.1. The van der Waals surface area contributed by atoms with Crippen LogP contribution in [0, 0.1) is 0 Å². The van der Waals surface area contributed by atoms with Gasteiger partial charge in [0.25, 0.3) is 0 Å². The van der Waals surface area contributed by atoms with Crippen LogP contribution in [0.25, 0.3) is 0 Å². The van der Waals surface area contributed by atoms with Gasteiger partial charge in [-0.05, 0) is 0 Å². The molecule has 0 saturated carbocycles. The molecular weight excluding hydrogens is 248 g/mol. The Hall–Kier alpha value is -2.14. The normalized spacial score (nSPS) is 10.3. The van der Waals surface area contributed by atoms with Gasteiger partial charge < -0.3 is 8.85 Å². The van der Waals surface area contributed by atoms with Crippen molar-refractivity contribution in [1.82, 2.24) is 0 Å². The smallest absolute Gasteiger partial charge is 0.478 e. The fraction of sp³-hybridized carbons (Fsp3) is 0.0769. The Kier molecular flexibility index (Phi) is 4.62. The summed E-state index contributed by atoms with van der Waals surface area (Å²) in [6, 6.07) is 8.88. The van der Waals surface area contributed by atoms with Crippen LogP contribution in [0.1, 0.15) is 0 Å². The fourth-order valence-electron chi connectivity index (χ4n) is 1.35. The van der Waals surface area contributed by atoms with E-state index >= 15 is 0 Å². The molecule has 18 heavy (non-hydrogen) atoms. The predicted molar refractivity (Wildman–Crippen MR) is 70.3 cm³/mol. The van der Waals surface area contributed by atoms with E-state index in [1.165, 1.54) is 0 Å². The predicted octanol–water partition coefficient (Wildman–Crippen LogP) is 1.42. The first-order chi connectivity index (χ1) is 8.51. The summed E-state index contributed by atoms with van der Waals surface area (Å²) in [4.78, 5) is 22.7. The lowest BCUT2D eigenvalue weighted by Gasteiger charge is -2.25. The van der Waals surface area contributed by atoms with Gasteiger partial charge in [0.1, 0.15) is 0 Å². The Labute approximate surface area is 107 Å². The summed E-state index contributed by atoms with van der Waals surface area (Å²) in [7, 11) is -3.14. The summed E-state index contributed by atoms with van der Waals surface area (Å²) in [5, 5.41) is 0.676. The quantitative estimate of drug-likeness (QED) is 0.595. The Morgan fingerprint density at radius 2 is 1.50 bits per heavy atom. The first-order valence-electron chi connectivity index (χ1n) is 5.28. The number of carbonyl (C=O) groups excluding carboxylic acids is 2. The van der Waals surface area contributed by atoms with Gasteiger partial charge in [-0.2, -0.15) is 0 Å². The number of carbonyl (C=O) groups is 2. The standard InChI is InChI=1S/C13H14O4Si/c1-4-12(14)16-18(3,17-13(15)5-2)11-9-7-6-8-10-11/h4-10H,1-2H2,3H3. The van der Waals surface area contributed by atoms with Gasteiger partial charge in [0, 0.05) is 23.9 Å². The highest BCUT2D eigenvalue weighted by molar-refractivity contribution is 6.82. The number of hydrogen-bond acceptors (Lipinski definition) is 4. The lowest BCUT2D eigenvalue weighted by Crippen LogP contribution is -2.53. The van der Waals surface area contributed by atoms with E-state index in [2.05, 4.69) is 13.2 Å². The molecule has 0 aliphatic carbocycles. The van der Waals surface area contributed by atoms with Crippen molar-refractivity contribution in [2.24, 2.45) is 0 Å². The Bertz CT molecular complexity index is 445. The fourth-order valence-corrected chi connectivity index (χ4v) is 3.36. The highest BCUT2D eigenvalue weighted by Gasteiger charge is 2.41. The maximum Gasteiger partial charge on any atom is 0.496 e. The molecule has 0 saturated heterocycles. The summed E-state index contributed by atoms with van der Waals surface area (Å²) in [5.41, 5.74) is 0. The molecule has 1 aromatic carbocycles. The minimum Gasteiger partial charge on any atom is -0.478 e. The van der Waals surface area contributed by atoms with Gasteiger partial charge in [-0.15, -0.1) is 0 Å². The number of hydrogen-bond donors (Lipinski definition) is 0. The average Bonchev–Trinajstić information content (AvgIpc) is 2.39. The van der Waals surface area contributed by atoms with Crippen LogP contribution in [0.3, 0.4) is 0 Å². The van der Waals surface area contributed by atoms with Gasteiger partial charge in [-0.3, -0.25) is 0 Å². The van der Waals surface area contributed by atoms with Crippen molar-refractivity contribution in [3.05, 3.63) is 55.6 Å². The van der Waals surface area contributed by atoms with Crippen LogP contribution in [-0.2, 0) is 18.4 Å². The molecule has 0 unspecified atom stereocenters. The molecule has 0 fully saturated rings. The molecule has 0 spiro atoms. The third kappa shape index (κ3) is 3.43. The molecule has 1 aromatic rings. The summed E-state index contributed by atoms with van der Waals surface area (Å²) < 4.78 is 10.5. The van der Waals surface area contributed by atoms with Crippen LogP contribution in [-0.4, -0.2) is 20.5 Å². The lowest BCUT2D eigenvalue weighted by molar-refractivity contribution is -0.135. The molecule has 0 N–H and O–H groups in total. The van der Waals surface area contributed by atoms with Crippen LogP contribution >= 0.6 is 0 Å². The second-order valence-electron chi connectivity index (χ2n) is 3.56. The number of benzene rings is 1.